The molecule has 8 atom stereocenters. The Labute approximate surface area is 674 Å². The number of nitrogens with one attached hydrogen (secondary N) is 2. The van der Waals surface area contributed by atoms with Crippen LogP contribution in [0.2, 0.25) is 0 Å². The lowest BCUT2D eigenvalue weighted by Crippen LogP contribution is -2.43. The van der Waals surface area contributed by atoms with Gasteiger partial charge < -0.3 is 40.9 Å². The standard InChI is InChI=1S/C27H49NO3.C25H43NO3.C22H43NO3.C20H39NO3/c1-2-3-4-5-6-7-8-9-10-11-12-13-14-15-16-17-20-28-26(29)24-22-18-19-23(21-22)25(24)27(30)31;1-3-5-7-9-11-13-17-26(18-14-12-10-8-6-4-2)24(27)22-20-15-16-21(19-20)23(22)25(28)29;1-2-3-4-5-6-7-8-9-10-11-12-13-14-17-20-23-21(24)18-15-16-19-22(25)26;1-3-5-7-9-11-13-17-21(19(22)15-16-20(23)24)18-14-12-10-8-6-4-2/h22-25H,2-21H2,1H3,(H,28,29)(H,30,31);15-16,20-23H,3-14,17-19H2,1-2H3,(H,28,29);2-20H2,1H3,(H,23,24)(H,25,26);3-18H2,1-2H3,(H,23,24). The van der Waals surface area contributed by atoms with Crippen LogP contribution in [0.25, 0.3) is 0 Å². The SMILES string of the molecule is CCCCCCCCCCCCCCCCCCNC(=O)C1C2CCC(C2)C1C(=O)O.CCCCCCCCCCCCCCCCNC(=O)CCCCC(=O)O.CCCCCCCCN(CCCCCCCC)C(=O)C1C2C=CC(C2)C1C(=O)O.CCCCCCCCN(CCCCCCCC)C(=O)CCC(=O)O. The molecule has 16 nitrogen and oxygen atoms in total. The smallest absolute Gasteiger partial charge is 0.307 e. The highest BCUT2D eigenvalue weighted by Crippen LogP contribution is 2.53. The minimum Gasteiger partial charge on any atom is -0.481 e. The van der Waals surface area contributed by atoms with Gasteiger partial charge in [-0.05, 0) is 101 Å². The first-order valence-corrected chi connectivity index (χ1v) is 47.2. The molecule has 3 fully saturated rings. The zero-order valence-electron chi connectivity index (χ0n) is 72.2. The van der Waals surface area contributed by atoms with Crippen LogP contribution in [0.4, 0.5) is 0 Å². The molecule has 4 amide bonds. The van der Waals surface area contributed by atoms with Crippen LogP contribution in [-0.4, -0.2) is 117 Å². The van der Waals surface area contributed by atoms with Gasteiger partial charge in [-0.1, -0.05) is 362 Å². The molecular weight excluding hydrogens is 1380 g/mol. The van der Waals surface area contributed by atoms with Crippen molar-refractivity contribution in [3.8, 4) is 0 Å². The minimum absolute atomic E-state index is 0.000518. The van der Waals surface area contributed by atoms with Gasteiger partial charge in [0, 0.05) is 58.5 Å². The number of carboxylic acids is 4. The molecule has 4 bridgehead atoms. The Kier molecular flexibility index (Phi) is 69.1. The molecule has 8 unspecified atom stereocenters. The van der Waals surface area contributed by atoms with Gasteiger partial charge in [-0.2, -0.15) is 0 Å². The first-order valence-electron chi connectivity index (χ1n) is 47.2. The van der Waals surface area contributed by atoms with Crippen molar-refractivity contribution in [2.45, 2.75) is 452 Å². The molecule has 3 saturated carbocycles. The Morgan fingerprint density at radius 3 is 0.918 bits per heavy atom. The fourth-order valence-corrected chi connectivity index (χ4v) is 17.3. The summed E-state index contributed by atoms with van der Waals surface area (Å²) in [6.07, 6.45) is 79.2. The van der Waals surface area contributed by atoms with Crippen molar-refractivity contribution in [2.24, 2.45) is 47.3 Å². The van der Waals surface area contributed by atoms with Crippen LogP contribution in [0.15, 0.2) is 12.2 Å². The summed E-state index contributed by atoms with van der Waals surface area (Å²) >= 11 is 0. The van der Waals surface area contributed by atoms with E-state index in [0.29, 0.717) is 31.7 Å². The van der Waals surface area contributed by atoms with Crippen molar-refractivity contribution >= 4 is 47.5 Å². The Morgan fingerprint density at radius 2 is 0.582 bits per heavy atom. The van der Waals surface area contributed by atoms with Crippen LogP contribution >= 0.6 is 0 Å². The maximum absolute atomic E-state index is 13.4. The molecule has 0 spiro atoms. The Bertz CT molecular complexity index is 2270. The maximum atomic E-state index is 13.4. The Balaban J connectivity index is 0.000000737. The van der Waals surface area contributed by atoms with Crippen molar-refractivity contribution in [1.29, 1.82) is 0 Å². The van der Waals surface area contributed by atoms with Crippen LogP contribution in [0.1, 0.15) is 452 Å². The molecule has 0 radical (unpaired) electrons. The van der Waals surface area contributed by atoms with Gasteiger partial charge in [0.25, 0.3) is 0 Å². The van der Waals surface area contributed by atoms with E-state index in [1.165, 1.54) is 302 Å². The molecule has 0 aliphatic heterocycles. The summed E-state index contributed by atoms with van der Waals surface area (Å²) in [5, 5.41) is 42.5. The molecule has 4 aliphatic rings. The van der Waals surface area contributed by atoms with Crippen LogP contribution < -0.4 is 10.6 Å². The number of carbonyl (C=O) groups excluding carboxylic acids is 4. The first-order chi connectivity index (χ1) is 53.5. The number of hydrogen-bond acceptors (Lipinski definition) is 8. The summed E-state index contributed by atoms with van der Waals surface area (Å²) in [4.78, 5) is 98.1. The molecule has 4 rings (SSSR count). The number of amides is 4. The molecule has 0 aromatic heterocycles. The number of hydrogen-bond donors (Lipinski definition) is 6. The second-order valence-electron chi connectivity index (χ2n) is 33.9. The number of aliphatic carboxylic acids is 4. The average molecular weight is 1550 g/mol. The topological polar surface area (TPSA) is 248 Å². The summed E-state index contributed by atoms with van der Waals surface area (Å²) in [6, 6.07) is 0. The van der Waals surface area contributed by atoms with Crippen LogP contribution in [-0.2, 0) is 38.4 Å². The number of fused-ring (bicyclic) bond motifs is 4. The predicted octanol–water partition coefficient (Wildman–Crippen LogP) is 24.8. The molecule has 6 N–H and O–H groups in total. The molecule has 0 saturated heterocycles. The van der Waals surface area contributed by atoms with E-state index in [0.717, 1.165) is 103 Å². The van der Waals surface area contributed by atoms with Gasteiger partial charge in [0.2, 0.25) is 23.6 Å². The van der Waals surface area contributed by atoms with E-state index in [9.17, 15) is 48.6 Å². The van der Waals surface area contributed by atoms with E-state index in [1.807, 2.05) is 15.9 Å². The average Bonchev–Trinajstić information content (AvgIpc) is 1.62. The summed E-state index contributed by atoms with van der Waals surface area (Å²) < 4.78 is 0. The minimum atomic E-state index is -0.887. The van der Waals surface area contributed by atoms with E-state index in [-0.39, 0.29) is 72.5 Å². The predicted molar refractivity (Wildman–Crippen MR) is 456 cm³/mol. The number of rotatable bonds is 72. The van der Waals surface area contributed by atoms with Crippen LogP contribution in [0.5, 0.6) is 0 Å². The first kappa shape index (κ1) is 104. The number of carboxylic acid groups (broad SMARTS) is 4. The van der Waals surface area contributed by atoms with Gasteiger partial charge in [0.1, 0.15) is 0 Å². The van der Waals surface area contributed by atoms with Gasteiger partial charge in [-0.25, -0.2) is 0 Å². The maximum Gasteiger partial charge on any atom is 0.307 e. The highest BCUT2D eigenvalue weighted by Gasteiger charge is 2.54. The highest BCUT2D eigenvalue weighted by molar-refractivity contribution is 5.87. The van der Waals surface area contributed by atoms with Crippen molar-refractivity contribution in [3.63, 3.8) is 0 Å². The fourth-order valence-electron chi connectivity index (χ4n) is 17.3. The Hall–Kier alpha value is -4.50. The van der Waals surface area contributed by atoms with Gasteiger partial charge >= 0.3 is 23.9 Å². The number of nitrogens with zero attached hydrogens (tertiary/aromatic N) is 2. The summed E-state index contributed by atoms with van der Waals surface area (Å²) in [7, 11) is 0. The van der Waals surface area contributed by atoms with E-state index < -0.39 is 35.7 Å². The second kappa shape index (κ2) is 73.4. The summed E-state index contributed by atoms with van der Waals surface area (Å²) in [6.45, 7) is 18.1. The molecule has 642 valence electrons. The van der Waals surface area contributed by atoms with Gasteiger partial charge in [0.05, 0.1) is 30.1 Å². The summed E-state index contributed by atoms with van der Waals surface area (Å²) in [5.41, 5.74) is 0. The molecule has 4 aliphatic carbocycles. The van der Waals surface area contributed by atoms with E-state index in [1.54, 1.807) is 0 Å². The molecule has 110 heavy (non-hydrogen) atoms. The van der Waals surface area contributed by atoms with E-state index in [4.69, 9.17) is 10.2 Å². The third kappa shape index (κ3) is 54.3. The molecule has 16 heteroatoms. The van der Waals surface area contributed by atoms with Gasteiger partial charge in [-0.15, -0.1) is 0 Å². The third-order valence-corrected chi connectivity index (χ3v) is 24.1. The number of unbranched alkanes of at least 4 members (excludes halogenated alkanes) is 49. The molecule has 0 heterocycles. The zero-order chi connectivity index (χ0) is 80.7. The quantitative estimate of drug-likeness (QED) is 0.0246. The highest BCUT2D eigenvalue weighted by atomic mass is 16.4. The van der Waals surface area contributed by atoms with Crippen molar-refractivity contribution in [3.05, 3.63) is 12.2 Å². The largest absolute Gasteiger partial charge is 0.481 e. The monoisotopic (exact) mass is 1550 g/mol. The lowest BCUT2D eigenvalue weighted by molar-refractivity contribution is -0.151. The number of allylic oxidation sites excluding steroid dienone is 2. The lowest BCUT2D eigenvalue weighted by atomic mass is 9.78. The van der Waals surface area contributed by atoms with Crippen molar-refractivity contribution in [1.82, 2.24) is 20.4 Å². The second-order valence-corrected chi connectivity index (χ2v) is 33.9. The third-order valence-electron chi connectivity index (χ3n) is 24.1. The number of carbonyl (C=O) groups is 8. The Morgan fingerprint density at radius 1 is 0.291 bits per heavy atom. The summed E-state index contributed by atoms with van der Waals surface area (Å²) in [5.74, 6) is -3.92. The van der Waals surface area contributed by atoms with Crippen molar-refractivity contribution < 1.29 is 58.8 Å². The zero-order valence-corrected chi connectivity index (χ0v) is 72.2. The van der Waals surface area contributed by atoms with Gasteiger partial charge in [0.15, 0.2) is 0 Å². The lowest BCUT2D eigenvalue weighted by Gasteiger charge is -2.31. The van der Waals surface area contributed by atoms with Crippen LogP contribution in [0, 0.1) is 47.3 Å². The van der Waals surface area contributed by atoms with E-state index >= 15 is 0 Å². The molecular formula is C94H174N4O12. The molecule has 0 aromatic carbocycles. The van der Waals surface area contributed by atoms with Gasteiger partial charge in [-0.3, -0.25) is 38.4 Å². The van der Waals surface area contributed by atoms with E-state index in [2.05, 4.69) is 58.3 Å². The fraction of sp³-hybridized carbons (Fsp3) is 0.894. The van der Waals surface area contributed by atoms with Crippen LogP contribution in [0.3, 0.4) is 0 Å². The molecule has 0 aromatic rings. The van der Waals surface area contributed by atoms with Crippen molar-refractivity contribution in [2.75, 3.05) is 39.3 Å². The normalized spacial score (nSPS) is 18.4.